The Balaban J connectivity index is -0.000000346. The Labute approximate surface area is 165 Å². The van der Waals surface area contributed by atoms with Crippen molar-refractivity contribution in [2.45, 2.75) is 47.1 Å². The lowest BCUT2D eigenvalue weighted by Crippen LogP contribution is -2.17. The Morgan fingerprint density at radius 3 is 2.07 bits per heavy atom. The number of hydrogen-bond acceptors (Lipinski definition) is 4. The highest BCUT2D eigenvalue weighted by Crippen LogP contribution is 2.02. The number of aldehydes is 1. The van der Waals surface area contributed by atoms with Gasteiger partial charge in [0.25, 0.3) is 0 Å². The molecule has 5 heteroatoms. The fourth-order valence-corrected chi connectivity index (χ4v) is 1.43. The Morgan fingerprint density at radius 1 is 1.22 bits per heavy atom. The molecule has 1 aliphatic rings. The van der Waals surface area contributed by atoms with Gasteiger partial charge < -0.3 is 19.5 Å². The van der Waals surface area contributed by atoms with E-state index in [9.17, 15) is 14.7 Å². The Kier molecular flexibility index (Phi) is 25.7. The third kappa shape index (κ3) is 19.8. The predicted molar refractivity (Wildman–Crippen MR) is 115 cm³/mol. The van der Waals surface area contributed by atoms with Crippen LogP contribution in [-0.4, -0.2) is 48.7 Å². The van der Waals surface area contributed by atoms with E-state index < -0.39 is 6.10 Å². The molecule has 0 aliphatic carbocycles. The summed E-state index contributed by atoms with van der Waals surface area (Å²) in [5.41, 5.74) is 1.02. The van der Waals surface area contributed by atoms with E-state index in [0.717, 1.165) is 12.1 Å². The molecule has 1 heterocycles. The van der Waals surface area contributed by atoms with Crippen LogP contribution in [0.15, 0.2) is 49.1 Å². The number of likely N-dealkylation sites (N-methyl/N-ethyl adjacent to an activating group) is 1. The van der Waals surface area contributed by atoms with Gasteiger partial charge in [-0.1, -0.05) is 76.3 Å². The molecule has 2 rings (SSSR count). The third-order valence-electron chi connectivity index (χ3n) is 2.61. The largest absolute Gasteiger partial charge is 0.448 e. The normalized spacial score (nSPS) is 12.4. The van der Waals surface area contributed by atoms with Crippen LogP contribution in [0.25, 0.3) is 6.08 Å². The maximum Gasteiger partial charge on any atom is 0.409 e. The minimum absolute atomic E-state index is 0.156. The SMILES string of the molecule is C=CC.CC.CC.CN1CCOC1=O.O=CCC(O)/C=C/c1ccccc1. The third-order valence-corrected chi connectivity index (χ3v) is 2.61. The second kappa shape index (κ2) is 23.6. The lowest BCUT2D eigenvalue weighted by Gasteiger charge is -1.98. The van der Waals surface area contributed by atoms with E-state index in [-0.39, 0.29) is 12.5 Å². The molecule has 1 N–H and O–H groups in total. The van der Waals surface area contributed by atoms with Crippen molar-refractivity contribution in [3.05, 3.63) is 54.6 Å². The fraction of sp³-hybridized carbons (Fsp3) is 0.455. The average Bonchev–Trinajstić information content (AvgIpc) is 3.08. The van der Waals surface area contributed by atoms with E-state index >= 15 is 0 Å². The first kappa shape index (κ1) is 29.4. The molecule has 0 saturated carbocycles. The number of aliphatic hydroxyl groups is 1. The lowest BCUT2D eigenvalue weighted by atomic mass is 10.2. The smallest absolute Gasteiger partial charge is 0.409 e. The predicted octanol–water partition coefficient (Wildman–Crippen LogP) is 4.96. The zero-order valence-corrected chi connectivity index (χ0v) is 17.7. The number of allylic oxidation sites excluding steroid dienone is 1. The van der Waals surface area contributed by atoms with E-state index in [1.54, 1.807) is 30.2 Å². The number of carbonyl (C=O) groups excluding carboxylic acids is 2. The van der Waals surface area contributed by atoms with Gasteiger partial charge in [0.05, 0.1) is 12.6 Å². The van der Waals surface area contributed by atoms with Gasteiger partial charge in [0, 0.05) is 13.5 Å². The Morgan fingerprint density at radius 2 is 1.74 bits per heavy atom. The van der Waals surface area contributed by atoms with Gasteiger partial charge in [-0.2, -0.15) is 0 Å². The van der Waals surface area contributed by atoms with Crippen molar-refractivity contribution < 1.29 is 19.4 Å². The average molecular weight is 380 g/mol. The van der Waals surface area contributed by atoms with Crippen molar-refractivity contribution in [1.29, 1.82) is 0 Å². The molecule has 27 heavy (non-hydrogen) atoms. The van der Waals surface area contributed by atoms with Crippen LogP contribution in [0, 0.1) is 0 Å². The number of cyclic esters (lactones) is 1. The van der Waals surface area contributed by atoms with Crippen molar-refractivity contribution in [2.75, 3.05) is 20.2 Å². The van der Waals surface area contributed by atoms with E-state index in [4.69, 9.17) is 0 Å². The van der Waals surface area contributed by atoms with Crippen LogP contribution in [0.3, 0.4) is 0 Å². The van der Waals surface area contributed by atoms with Gasteiger partial charge >= 0.3 is 6.09 Å². The summed E-state index contributed by atoms with van der Waals surface area (Å²) in [6, 6.07) is 9.64. The van der Waals surface area contributed by atoms with Crippen LogP contribution in [0.5, 0.6) is 0 Å². The van der Waals surface area contributed by atoms with Gasteiger partial charge in [-0.25, -0.2) is 4.79 Å². The summed E-state index contributed by atoms with van der Waals surface area (Å²) in [4.78, 5) is 21.9. The number of ether oxygens (including phenoxy) is 1. The lowest BCUT2D eigenvalue weighted by molar-refractivity contribution is -0.109. The molecule has 1 saturated heterocycles. The number of nitrogens with zero attached hydrogens (tertiary/aromatic N) is 1. The number of benzene rings is 1. The van der Waals surface area contributed by atoms with Gasteiger partial charge in [-0.05, 0) is 12.5 Å². The Hall–Kier alpha value is -2.40. The van der Waals surface area contributed by atoms with Crippen molar-refractivity contribution in [3.8, 4) is 0 Å². The zero-order chi connectivity index (χ0) is 21.5. The molecule has 0 radical (unpaired) electrons. The highest BCUT2D eigenvalue weighted by molar-refractivity contribution is 5.68. The van der Waals surface area contributed by atoms with Crippen LogP contribution in [-0.2, 0) is 9.53 Å². The zero-order valence-electron chi connectivity index (χ0n) is 17.7. The van der Waals surface area contributed by atoms with Crippen LogP contribution in [0.4, 0.5) is 4.79 Å². The topological polar surface area (TPSA) is 66.8 Å². The van der Waals surface area contributed by atoms with Crippen LogP contribution in [0.1, 0.15) is 46.6 Å². The van der Waals surface area contributed by atoms with Crippen LogP contribution in [0.2, 0.25) is 0 Å². The Bertz CT molecular complexity index is 486. The molecule has 0 aromatic heterocycles. The summed E-state index contributed by atoms with van der Waals surface area (Å²) in [6.07, 6.45) is 5.15. The van der Waals surface area contributed by atoms with Crippen molar-refractivity contribution in [3.63, 3.8) is 0 Å². The summed E-state index contributed by atoms with van der Waals surface area (Å²) in [5.74, 6) is 0. The second-order valence-corrected chi connectivity index (χ2v) is 4.68. The van der Waals surface area contributed by atoms with Crippen LogP contribution >= 0.6 is 0 Å². The molecule has 0 bridgehead atoms. The molecule has 1 aliphatic heterocycles. The molecule has 1 atom stereocenters. The number of rotatable bonds is 4. The molecule has 1 aromatic carbocycles. The maximum absolute atomic E-state index is 10.3. The maximum atomic E-state index is 10.3. The molecule has 1 amide bonds. The van der Waals surface area contributed by atoms with E-state index in [1.165, 1.54) is 0 Å². The molecule has 5 nitrogen and oxygen atoms in total. The quantitative estimate of drug-likeness (QED) is 0.593. The molecule has 1 aromatic rings. The number of carbonyl (C=O) groups is 2. The first-order chi connectivity index (χ1) is 13.0. The van der Waals surface area contributed by atoms with Gasteiger partial charge in [0.2, 0.25) is 0 Å². The highest BCUT2D eigenvalue weighted by Gasteiger charge is 2.15. The van der Waals surface area contributed by atoms with Gasteiger partial charge in [-0.15, -0.1) is 6.58 Å². The van der Waals surface area contributed by atoms with E-state index in [2.05, 4.69) is 11.3 Å². The standard InChI is InChI=1S/C11H12O2.C4H7NO2.C3H6.2C2H6/c12-9-8-11(13)7-6-10-4-2-1-3-5-10;1-5-2-3-7-4(5)6;1-3-2;2*1-2/h1-7,9,11,13H,8H2;2-3H2,1H3;3H,1H2,2H3;2*1-2H3/b7-6+;;;;. The number of hydrogen-bond donors (Lipinski definition) is 1. The summed E-state index contributed by atoms with van der Waals surface area (Å²) in [7, 11) is 1.72. The van der Waals surface area contributed by atoms with Crippen molar-refractivity contribution in [1.82, 2.24) is 4.90 Å². The first-order valence-electron chi connectivity index (χ1n) is 9.35. The highest BCUT2D eigenvalue weighted by atomic mass is 16.6. The molecule has 0 spiro atoms. The summed E-state index contributed by atoms with van der Waals surface area (Å²) in [5, 5.41) is 9.19. The summed E-state index contributed by atoms with van der Waals surface area (Å²) in [6.45, 7) is 14.5. The summed E-state index contributed by atoms with van der Waals surface area (Å²) >= 11 is 0. The minimum Gasteiger partial charge on any atom is -0.448 e. The minimum atomic E-state index is -0.669. The van der Waals surface area contributed by atoms with E-state index in [1.807, 2.05) is 65.0 Å². The van der Waals surface area contributed by atoms with Crippen molar-refractivity contribution in [2.24, 2.45) is 0 Å². The fourth-order valence-electron chi connectivity index (χ4n) is 1.43. The second-order valence-electron chi connectivity index (χ2n) is 4.68. The molecule has 154 valence electrons. The monoisotopic (exact) mass is 379 g/mol. The van der Waals surface area contributed by atoms with Crippen molar-refractivity contribution >= 4 is 18.5 Å². The molecular formula is C22H37NO4. The van der Waals surface area contributed by atoms with E-state index in [0.29, 0.717) is 12.9 Å². The molecule has 1 fully saturated rings. The number of amides is 1. The van der Waals surface area contributed by atoms with Crippen LogP contribution < -0.4 is 0 Å². The number of aliphatic hydroxyl groups excluding tert-OH is 1. The molecular weight excluding hydrogens is 342 g/mol. The summed E-state index contributed by atoms with van der Waals surface area (Å²) < 4.78 is 4.55. The van der Waals surface area contributed by atoms with Gasteiger partial charge in [0.1, 0.15) is 12.9 Å². The first-order valence-corrected chi connectivity index (χ1v) is 9.35. The van der Waals surface area contributed by atoms with Gasteiger partial charge in [-0.3, -0.25) is 0 Å². The molecule has 1 unspecified atom stereocenters. The van der Waals surface area contributed by atoms with Gasteiger partial charge in [0.15, 0.2) is 0 Å².